The SMILES string of the molecule is CN[C@@H](C)C(=O)N[C@H](C(=O)N1CCC[C@H]1C1=NC(C(=O)c2ccc(F)cc2)CS1)C1CCN(C)CC1. The Morgan fingerprint density at radius 3 is 2.47 bits per heavy atom. The number of nitrogens with one attached hydrogen (secondary N) is 2. The van der Waals surface area contributed by atoms with Gasteiger partial charge < -0.3 is 20.4 Å². The number of Topliss-reactive ketones (excluding diaryl/α,β-unsaturated/α-hetero) is 1. The van der Waals surface area contributed by atoms with Gasteiger partial charge in [0.15, 0.2) is 5.78 Å². The van der Waals surface area contributed by atoms with Crippen LogP contribution in [-0.4, -0.2) is 96.1 Å². The summed E-state index contributed by atoms with van der Waals surface area (Å²) in [5, 5.41) is 6.81. The summed E-state index contributed by atoms with van der Waals surface area (Å²) in [6.07, 6.45) is 3.34. The fourth-order valence-electron chi connectivity index (χ4n) is 5.13. The first kappa shape index (κ1) is 26.8. The molecule has 1 unspecified atom stereocenters. The Balaban J connectivity index is 1.50. The van der Waals surface area contributed by atoms with Crippen LogP contribution in [0, 0.1) is 11.7 Å². The Kier molecular flexibility index (Phi) is 8.79. The first-order valence-corrected chi connectivity index (χ1v) is 13.7. The Labute approximate surface area is 216 Å². The summed E-state index contributed by atoms with van der Waals surface area (Å²) in [6.45, 7) is 4.18. The van der Waals surface area contributed by atoms with Crippen molar-refractivity contribution in [2.75, 3.05) is 39.5 Å². The number of carbonyl (C=O) groups excluding carboxylic acids is 3. The summed E-state index contributed by atoms with van der Waals surface area (Å²) >= 11 is 1.52. The lowest BCUT2D eigenvalue weighted by atomic mass is 9.88. The lowest BCUT2D eigenvalue weighted by molar-refractivity contribution is -0.138. The predicted octanol–water partition coefficient (Wildman–Crippen LogP) is 1.95. The van der Waals surface area contributed by atoms with Crippen molar-refractivity contribution >= 4 is 34.4 Å². The molecule has 0 saturated carbocycles. The van der Waals surface area contributed by atoms with Crippen LogP contribution in [0.4, 0.5) is 4.39 Å². The van der Waals surface area contributed by atoms with E-state index in [1.54, 1.807) is 14.0 Å². The highest BCUT2D eigenvalue weighted by Crippen LogP contribution is 2.32. The van der Waals surface area contributed by atoms with E-state index in [1.165, 1.54) is 36.0 Å². The molecule has 2 saturated heterocycles. The number of rotatable bonds is 8. The molecule has 4 rings (SSSR count). The zero-order valence-electron chi connectivity index (χ0n) is 21.2. The minimum absolute atomic E-state index is 0.0553. The van der Waals surface area contributed by atoms with Crippen molar-refractivity contribution in [3.8, 4) is 0 Å². The predicted molar refractivity (Wildman–Crippen MR) is 140 cm³/mol. The average molecular weight is 518 g/mol. The topological polar surface area (TPSA) is 94.1 Å². The van der Waals surface area contributed by atoms with Gasteiger partial charge in [-0.15, -0.1) is 11.8 Å². The molecule has 0 spiro atoms. The highest BCUT2D eigenvalue weighted by Gasteiger charge is 2.42. The largest absolute Gasteiger partial charge is 0.343 e. The smallest absolute Gasteiger partial charge is 0.246 e. The van der Waals surface area contributed by atoms with Gasteiger partial charge >= 0.3 is 0 Å². The molecule has 3 aliphatic heterocycles. The number of aliphatic imine (C=N–C) groups is 1. The van der Waals surface area contributed by atoms with Crippen LogP contribution in [0.25, 0.3) is 0 Å². The molecule has 1 aromatic rings. The van der Waals surface area contributed by atoms with Crippen molar-refractivity contribution in [3.05, 3.63) is 35.6 Å². The molecule has 2 N–H and O–H groups in total. The standard InChI is InChI=1S/C26H36FN5O3S/c1-16(28-2)24(34)30-22(17-10-13-31(3)14-11-17)26(35)32-12-4-5-21(32)25-29-20(15-36-25)23(33)18-6-8-19(27)9-7-18/h6-9,16-17,20-22,28H,4-5,10-15H2,1-3H3,(H,30,34)/t16-,20?,21-,22-/m0/s1. The van der Waals surface area contributed by atoms with E-state index in [1.807, 2.05) is 4.90 Å². The molecule has 36 heavy (non-hydrogen) atoms. The number of carbonyl (C=O) groups is 3. The van der Waals surface area contributed by atoms with Crippen LogP contribution in [0.5, 0.6) is 0 Å². The third-order valence-corrected chi connectivity index (χ3v) is 8.70. The molecule has 2 amide bonds. The Hall–Kier alpha value is -2.30. The van der Waals surface area contributed by atoms with Crippen molar-refractivity contribution in [3.63, 3.8) is 0 Å². The molecule has 10 heteroatoms. The highest BCUT2D eigenvalue weighted by molar-refractivity contribution is 8.14. The van der Waals surface area contributed by atoms with E-state index in [0.29, 0.717) is 17.9 Å². The molecule has 8 nitrogen and oxygen atoms in total. The second kappa shape index (κ2) is 11.8. The second-order valence-electron chi connectivity index (χ2n) is 9.99. The second-order valence-corrected chi connectivity index (χ2v) is 11.0. The van der Waals surface area contributed by atoms with Crippen molar-refractivity contribution in [1.29, 1.82) is 0 Å². The minimum Gasteiger partial charge on any atom is -0.343 e. The fraction of sp³-hybridized carbons (Fsp3) is 0.615. The van der Waals surface area contributed by atoms with E-state index >= 15 is 0 Å². The van der Waals surface area contributed by atoms with Gasteiger partial charge in [-0.25, -0.2) is 4.39 Å². The van der Waals surface area contributed by atoms with Crippen molar-refractivity contribution in [2.24, 2.45) is 10.9 Å². The first-order chi connectivity index (χ1) is 17.3. The number of hydrogen-bond donors (Lipinski definition) is 2. The molecule has 1 aromatic carbocycles. The van der Waals surface area contributed by atoms with Gasteiger partial charge in [0.05, 0.1) is 17.1 Å². The summed E-state index contributed by atoms with van der Waals surface area (Å²) in [6, 6.07) is 3.85. The van der Waals surface area contributed by atoms with Gasteiger partial charge in [0.25, 0.3) is 0 Å². The normalized spacial score (nSPS) is 24.9. The molecular weight excluding hydrogens is 481 g/mol. The first-order valence-electron chi connectivity index (χ1n) is 12.8. The van der Waals surface area contributed by atoms with Crippen LogP contribution in [-0.2, 0) is 9.59 Å². The van der Waals surface area contributed by atoms with Crippen LogP contribution in [0.3, 0.4) is 0 Å². The zero-order chi connectivity index (χ0) is 25.8. The maximum Gasteiger partial charge on any atom is 0.246 e. The lowest BCUT2D eigenvalue weighted by Gasteiger charge is -2.37. The Bertz CT molecular complexity index is 996. The van der Waals surface area contributed by atoms with Gasteiger partial charge in [-0.2, -0.15) is 0 Å². The summed E-state index contributed by atoms with van der Waals surface area (Å²) < 4.78 is 13.3. The third kappa shape index (κ3) is 5.98. The Morgan fingerprint density at radius 2 is 1.81 bits per heavy atom. The number of hydrogen-bond acceptors (Lipinski definition) is 7. The molecule has 3 aliphatic rings. The maximum atomic E-state index is 13.9. The number of benzene rings is 1. The quantitative estimate of drug-likeness (QED) is 0.512. The number of piperidine rings is 1. The molecular formula is C26H36FN5O3S. The highest BCUT2D eigenvalue weighted by atomic mass is 32.2. The molecule has 3 heterocycles. The average Bonchev–Trinajstić information content (AvgIpc) is 3.57. The summed E-state index contributed by atoms with van der Waals surface area (Å²) in [5.74, 6) is -0.158. The number of likely N-dealkylation sites (tertiary alicyclic amines) is 2. The lowest BCUT2D eigenvalue weighted by Crippen LogP contribution is -2.58. The number of nitrogens with zero attached hydrogens (tertiary/aromatic N) is 3. The van der Waals surface area contributed by atoms with Crippen molar-refractivity contribution < 1.29 is 18.8 Å². The number of ketones is 1. The van der Waals surface area contributed by atoms with E-state index < -0.39 is 18.1 Å². The van der Waals surface area contributed by atoms with Crippen LogP contribution >= 0.6 is 11.8 Å². The Morgan fingerprint density at radius 1 is 1.11 bits per heavy atom. The van der Waals surface area contributed by atoms with E-state index in [2.05, 4.69) is 22.6 Å². The molecule has 0 bridgehead atoms. The molecule has 2 fully saturated rings. The van der Waals surface area contributed by atoms with Crippen LogP contribution in [0.15, 0.2) is 29.3 Å². The van der Waals surface area contributed by atoms with Gasteiger partial charge in [0.2, 0.25) is 11.8 Å². The number of halogens is 1. The van der Waals surface area contributed by atoms with Gasteiger partial charge in [-0.05, 0) is 90.0 Å². The van der Waals surface area contributed by atoms with Crippen molar-refractivity contribution in [1.82, 2.24) is 20.4 Å². The molecule has 196 valence electrons. The summed E-state index contributed by atoms with van der Waals surface area (Å²) in [7, 11) is 3.80. The molecule has 0 radical (unpaired) electrons. The molecule has 0 aliphatic carbocycles. The third-order valence-electron chi connectivity index (χ3n) is 7.55. The minimum atomic E-state index is -0.578. The van der Waals surface area contributed by atoms with Gasteiger partial charge in [-0.3, -0.25) is 19.4 Å². The van der Waals surface area contributed by atoms with E-state index in [4.69, 9.17) is 4.99 Å². The maximum absolute atomic E-state index is 13.9. The molecule has 0 aromatic heterocycles. The van der Waals surface area contributed by atoms with Gasteiger partial charge in [0, 0.05) is 17.9 Å². The zero-order valence-corrected chi connectivity index (χ0v) is 22.0. The summed E-state index contributed by atoms with van der Waals surface area (Å²) in [5.41, 5.74) is 0.440. The fourth-order valence-corrected chi connectivity index (χ4v) is 6.33. The summed E-state index contributed by atoms with van der Waals surface area (Å²) in [4.78, 5) is 48.4. The van der Waals surface area contributed by atoms with Gasteiger partial charge in [0.1, 0.15) is 17.9 Å². The van der Waals surface area contributed by atoms with E-state index in [0.717, 1.165) is 43.8 Å². The molecule has 4 atom stereocenters. The van der Waals surface area contributed by atoms with E-state index in [9.17, 15) is 18.8 Å². The van der Waals surface area contributed by atoms with Gasteiger partial charge in [-0.1, -0.05) is 0 Å². The monoisotopic (exact) mass is 517 g/mol. The van der Waals surface area contributed by atoms with Crippen LogP contribution in [0.1, 0.15) is 43.0 Å². The van der Waals surface area contributed by atoms with E-state index in [-0.39, 0.29) is 35.4 Å². The number of amides is 2. The van der Waals surface area contributed by atoms with Crippen molar-refractivity contribution in [2.45, 2.75) is 56.8 Å². The van der Waals surface area contributed by atoms with Crippen LogP contribution in [0.2, 0.25) is 0 Å². The van der Waals surface area contributed by atoms with Crippen LogP contribution < -0.4 is 10.6 Å². The number of likely N-dealkylation sites (N-methyl/N-ethyl adjacent to an activating group) is 1. The number of thioether (sulfide) groups is 1.